The summed E-state index contributed by atoms with van der Waals surface area (Å²) in [4.78, 5) is 0. The summed E-state index contributed by atoms with van der Waals surface area (Å²) >= 11 is 12.1. The van der Waals surface area contributed by atoms with Crippen LogP contribution in [0.3, 0.4) is 0 Å². The van der Waals surface area contributed by atoms with Gasteiger partial charge in [-0.2, -0.15) is 0 Å². The van der Waals surface area contributed by atoms with Crippen LogP contribution >= 0.6 is 23.2 Å². The summed E-state index contributed by atoms with van der Waals surface area (Å²) in [6.07, 6.45) is 1.48. The number of hydrogen-bond acceptors (Lipinski definition) is 3. The normalized spacial score (nSPS) is 21.2. The fourth-order valence-electron chi connectivity index (χ4n) is 2.12. The van der Waals surface area contributed by atoms with E-state index in [9.17, 15) is 5.11 Å². The van der Waals surface area contributed by atoms with Gasteiger partial charge in [0.2, 0.25) is 0 Å². The van der Waals surface area contributed by atoms with Crippen molar-refractivity contribution >= 4 is 23.2 Å². The lowest BCUT2D eigenvalue weighted by Gasteiger charge is -2.24. The molecule has 0 bridgehead atoms. The van der Waals surface area contributed by atoms with Crippen molar-refractivity contribution in [3.63, 3.8) is 0 Å². The van der Waals surface area contributed by atoms with E-state index < -0.39 is 6.10 Å². The topological polar surface area (TPSA) is 38.7 Å². The van der Waals surface area contributed by atoms with E-state index in [1.165, 1.54) is 0 Å². The molecule has 0 saturated carbocycles. The lowest BCUT2D eigenvalue weighted by Crippen LogP contribution is -2.25. The molecule has 1 aliphatic heterocycles. The van der Waals surface area contributed by atoms with Gasteiger partial charge in [-0.15, -0.1) is 0 Å². The summed E-state index contributed by atoms with van der Waals surface area (Å²) in [5, 5.41) is 10.9. The van der Waals surface area contributed by atoms with Gasteiger partial charge in [-0.05, 0) is 38.3 Å². The molecule has 1 saturated heterocycles. The Morgan fingerprint density at radius 2 is 2.00 bits per heavy atom. The first-order valence-corrected chi connectivity index (χ1v) is 7.73. The molecule has 1 fully saturated rings. The van der Waals surface area contributed by atoms with Gasteiger partial charge in [0.1, 0.15) is 12.2 Å². The van der Waals surface area contributed by atoms with Gasteiger partial charge >= 0.3 is 0 Å². The van der Waals surface area contributed by atoms with Crippen molar-refractivity contribution in [2.75, 3.05) is 6.61 Å². The van der Waals surface area contributed by atoms with Gasteiger partial charge in [-0.1, -0.05) is 41.1 Å². The van der Waals surface area contributed by atoms with Crippen LogP contribution in [0.5, 0.6) is 0 Å². The van der Waals surface area contributed by atoms with Crippen molar-refractivity contribution in [1.29, 1.82) is 0 Å². The zero-order chi connectivity index (χ0) is 15.2. The Bertz CT molecular complexity index is 510. The predicted octanol–water partition coefficient (Wildman–Crippen LogP) is 3.96. The smallest absolute Gasteiger partial charge is 0.159 e. The molecule has 114 valence electrons. The Kier molecular flexibility index (Phi) is 6.35. The molecule has 5 heteroatoms. The maximum Gasteiger partial charge on any atom is 0.159 e. The first kappa shape index (κ1) is 16.6. The van der Waals surface area contributed by atoms with Crippen molar-refractivity contribution in [2.45, 2.75) is 44.7 Å². The zero-order valence-corrected chi connectivity index (χ0v) is 13.3. The van der Waals surface area contributed by atoms with Gasteiger partial charge in [0.05, 0.1) is 0 Å². The number of hydrogen-bond donors (Lipinski definition) is 1. The molecule has 1 aromatic carbocycles. The van der Waals surface area contributed by atoms with Crippen LogP contribution in [0.4, 0.5) is 0 Å². The standard InChI is InChI=1S/C16H18Cl2O3/c1-11(21-15-7-2-3-10-20-15)8-9-14(19)16-12(17)5-4-6-13(16)18/h4-6,11,14-15,19H,2-3,7,10H2,1H3/t11-,14?,15?/m1/s1. The molecule has 0 aliphatic carbocycles. The van der Waals surface area contributed by atoms with Crippen LogP contribution in [0, 0.1) is 11.8 Å². The zero-order valence-electron chi connectivity index (χ0n) is 11.8. The highest BCUT2D eigenvalue weighted by Gasteiger charge is 2.17. The van der Waals surface area contributed by atoms with Crippen LogP contribution in [0.15, 0.2) is 18.2 Å². The minimum absolute atomic E-state index is 0.205. The fraction of sp³-hybridized carbons (Fsp3) is 0.500. The van der Waals surface area contributed by atoms with Gasteiger partial charge in [0.25, 0.3) is 0 Å². The molecule has 3 atom stereocenters. The lowest BCUT2D eigenvalue weighted by molar-refractivity contribution is -0.173. The third-order valence-electron chi connectivity index (χ3n) is 3.19. The quantitative estimate of drug-likeness (QED) is 0.853. The van der Waals surface area contributed by atoms with Gasteiger partial charge in [-0.3, -0.25) is 0 Å². The number of rotatable bonds is 3. The maximum absolute atomic E-state index is 10.1. The third-order valence-corrected chi connectivity index (χ3v) is 3.85. The molecule has 1 N–H and O–H groups in total. The Labute approximate surface area is 135 Å². The SMILES string of the molecule is C[C@H](C#CC(O)c1c(Cl)cccc1Cl)OC1CCCCO1. The molecule has 2 unspecified atom stereocenters. The molecule has 1 aromatic rings. The van der Waals surface area contributed by atoms with Gasteiger partial charge in [-0.25, -0.2) is 0 Å². The molecule has 2 rings (SSSR count). The largest absolute Gasteiger partial charge is 0.376 e. The van der Waals surface area contributed by atoms with Crippen LogP contribution in [-0.4, -0.2) is 24.1 Å². The Balaban J connectivity index is 1.97. The number of halogens is 2. The lowest BCUT2D eigenvalue weighted by atomic mass is 10.1. The first-order chi connectivity index (χ1) is 10.1. The third kappa shape index (κ3) is 4.88. The minimum Gasteiger partial charge on any atom is -0.376 e. The Morgan fingerprint density at radius 1 is 1.29 bits per heavy atom. The van der Waals surface area contributed by atoms with Crippen molar-refractivity contribution < 1.29 is 14.6 Å². The molecule has 1 heterocycles. The molecule has 0 aromatic heterocycles. The van der Waals surface area contributed by atoms with E-state index in [-0.39, 0.29) is 12.4 Å². The fourth-order valence-corrected chi connectivity index (χ4v) is 2.72. The molecular formula is C16H18Cl2O3. The number of ether oxygens (including phenoxy) is 2. The van der Waals surface area contributed by atoms with Gasteiger partial charge < -0.3 is 14.6 Å². The predicted molar refractivity (Wildman–Crippen MR) is 83.3 cm³/mol. The van der Waals surface area contributed by atoms with Crippen LogP contribution in [0.2, 0.25) is 10.0 Å². The number of benzene rings is 1. The Morgan fingerprint density at radius 3 is 2.62 bits per heavy atom. The number of aliphatic hydroxyl groups is 1. The molecule has 1 aliphatic rings. The molecular weight excluding hydrogens is 311 g/mol. The van der Waals surface area contributed by atoms with Crippen LogP contribution in [0.1, 0.15) is 37.9 Å². The van der Waals surface area contributed by atoms with Crippen LogP contribution in [0.25, 0.3) is 0 Å². The van der Waals surface area contributed by atoms with E-state index in [2.05, 4.69) is 11.8 Å². The summed E-state index contributed by atoms with van der Waals surface area (Å²) < 4.78 is 11.1. The van der Waals surface area contributed by atoms with E-state index in [1.807, 2.05) is 6.92 Å². The van der Waals surface area contributed by atoms with E-state index in [0.717, 1.165) is 25.9 Å². The van der Waals surface area contributed by atoms with Crippen LogP contribution < -0.4 is 0 Å². The molecule has 0 amide bonds. The number of aliphatic hydroxyl groups excluding tert-OH is 1. The van der Waals surface area contributed by atoms with E-state index >= 15 is 0 Å². The first-order valence-electron chi connectivity index (χ1n) is 6.98. The highest BCUT2D eigenvalue weighted by atomic mass is 35.5. The van der Waals surface area contributed by atoms with Gasteiger partial charge in [0.15, 0.2) is 6.29 Å². The van der Waals surface area contributed by atoms with Crippen LogP contribution in [-0.2, 0) is 9.47 Å². The summed E-state index contributed by atoms with van der Waals surface area (Å²) in [5.41, 5.74) is 0.425. The highest BCUT2D eigenvalue weighted by molar-refractivity contribution is 6.36. The second-order valence-electron chi connectivity index (χ2n) is 4.90. The maximum atomic E-state index is 10.1. The van der Waals surface area contributed by atoms with E-state index in [1.54, 1.807) is 18.2 Å². The average molecular weight is 329 g/mol. The molecule has 0 radical (unpaired) electrons. The van der Waals surface area contributed by atoms with E-state index in [0.29, 0.717) is 15.6 Å². The molecule has 21 heavy (non-hydrogen) atoms. The highest BCUT2D eigenvalue weighted by Crippen LogP contribution is 2.29. The van der Waals surface area contributed by atoms with E-state index in [4.69, 9.17) is 32.7 Å². The minimum atomic E-state index is -1.04. The Hall–Kier alpha value is -0.760. The summed E-state index contributed by atoms with van der Waals surface area (Å²) in [5.74, 6) is 5.59. The monoisotopic (exact) mass is 328 g/mol. The second-order valence-corrected chi connectivity index (χ2v) is 5.72. The van der Waals surface area contributed by atoms with Gasteiger partial charge in [0, 0.05) is 22.2 Å². The summed E-state index contributed by atoms with van der Waals surface area (Å²) in [6.45, 7) is 2.55. The van der Waals surface area contributed by atoms with Crippen molar-refractivity contribution in [3.8, 4) is 11.8 Å². The molecule has 3 nitrogen and oxygen atoms in total. The average Bonchev–Trinajstić information content (AvgIpc) is 2.46. The summed E-state index contributed by atoms with van der Waals surface area (Å²) in [7, 11) is 0. The second kappa shape index (κ2) is 8.03. The van der Waals surface area contributed by atoms with Crippen molar-refractivity contribution in [1.82, 2.24) is 0 Å². The van der Waals surface area contributed by atoms with Crippen molar-refractivity contribution in [2.24, 2.45) is 0 Å². The summed E-state index contributed by atoms with van der Waals surface area (Å²) in [6, 6.07) is 5.06. The van der Waals surface area contributed by atoms with Crippen molar-refractivity contribution in [3.05, 3.63) is 33.8 Å². The molecule has 0 spiro atoms.